The number of hydrogen-bond acceptors (Lipinski definition) is 2. The zero-order valence-electron chi connectivity index (χ0n) is 7.05. The van der Waals surface area contributed by atoms with Crippen LogP contribution in [0.4, 0.5) is 8.78 Å². The zero-order valence-corrected chi connectivity index (χ0v) is 7.05. The molecule has 1 N–H and O–H groups in total. The largest absolute Gasteiger partial charge is 0.396 e. The summed E-state index contributed by atoms with van der Waals surface area (Å²) in [5.41, 5.74) is 0. The summed E-state index contributed by atoms with van der Waals surface area (Å²) < 4.78 is 23.9. The first kappa shape index (κ1) is 9.86. The predicted molar refractivity (Wildman–Crippen MR) is 42.3 cm³/mol. The second-order valence-corrected chi connectivity index (χ2v) is 3.34. The second kappa shape index (κ2) is 4.72. The van der Waals surface area contributed by atoms with Crippen molar-refractivity contribution in [3.63, 3.8) is 0 Å². The van der Waals surface area contributed by atoms with E-state index in [4.69, 9.17) is 5.11 Å². The Kier molecular flexibility index (Phi) is 3.88. The van der Waals surface area contributed by atoms with E-state index >= 15 is 0 Å². The predicted octanol–water partition coefficient (Wildman–Crippen LogP) is 0.956. The molecule has 0 aromatic heterocycles. The average Bonchev–Trinajstić information content (AvgIpc) is 2.03. The molecule has 1 heterocycles. The molecule has 0 radical (unpaired) electrons. The molecule has 0 aliphatic carbocycles. The van der Waals surface area contributed by atoms with Crippen molar-refractivity contribution >= 4 is 0 Å². The van der Waals surface area contributed by atoms with Crippen LogP contribution in [0.3, 0.4) is 0 Å². The Morgan fingerprint density at radius 2 is 2.25 bits per heavy atom. The SMILES string of the molecule is OCC1CCCN(CC(F)F)C1. The quantitative estimate of drug-likeness (QED) is 0.697. The summed E-state index contributed by atoms with van der Waals surface area (Å²) in [6, 6.07) is 0. The first-order chi connectivity index (χ1) is 5.72. The van der Waals surface area contributed by atoms with Crippen molar-refractivity contribution in [1.29, 1.82) is 0 Å². The molecular weight excluding hydrogens is 164 g/mol. The highest BCUT2D eigenvalue weighted by molar-refractivity contribution is 4.72. The molecule has 1 saturated heterocycles. The van der Waals surface area contributed by atoms with Crippen molar-refractivity contribution in [2.24, 2.45) is 5.92 Å². The fourth-order valence-electron chi connectivity index (χ4n) is 1.66. The van der Waals surface area contributed by atoms with Crippen LogP contribution in [0.1, 0.15) is 12.8 Å². The zero-order chi connectivity index (χ0) is 8.97. The number of alkyl halides is 2. The Morgan fingerprint density at radius 3 is 2.83 bits per heavy atom. The van der Waals surface area contributed by atoms with Gasteiger partial charge in [-0.3, -0.25) is 4.90 Å². The maximum atomic E-state index is 11.9. The smallest absolute Gasteiger partial charge is 0.251 e. The van der Waals surface area contributed by atoms with Crippen molar-refractivity contribution in [1.82, 2.24) is 4.90 Å². The maximum Gasteiger partial charge on any atom is 0.251 e. The van der Waals surface area contributed by atoms with Gasteiger partial charge in [0, 0.05) is 13.2 Å². The number of likely N-dealkylation sites (tertiary alicyclic amines) is 1. The molecule has 4 heteroatoms. The van der Waals surface area contributed by atoms with E-state index in [1.165, 1.54) is 0 Å². The molecular formula is C8H15F2NO. The van der Waals surface area contributed by atoms with E-state index in [2.05, 4.69) is 0 Å². The fourth-order valence-corrected chi connectivity index (χ4v) is 1.66. The highest BCUT2D eigenvalue weighted by Gasteiger charge is 2.21. The van der Waals surface area contributed by atoms with Crippen molar-refractivity contribution < 1.29 is 13.9 Å². The van der Waals surface area contributed by atoms with E-state index < -0.39 is 6.43 Å². The van der Waals surface area contributed by atoms with E-state index in [-0.39, 0.29) is 19.1 Å². The van der Waals surface area contributed by atoms with E-state index in [0.29, 0.717) is 6.54 Å². The van der Waals surface area contributed by atoms with Crippen LogP contribution in [0, 0.1) is 5.92 Å². The van der Waals surface area contributed by atoms with Crippen LogP contribution >= 0.6 is 0 Å². The standard InChI is InChI=1S/C8H15F2NO/c9-8(10)5-11-3-1-2-7(4-11)6-12/h7-8,12H,1-6H2. The number of aliphatic hydroxyl groups excluding tert-OH is 1. The number of nitrogens with zero attached hydrogens (tertiary/aromatic N) is 1. The van der Waals surface area contributed by atoms with Gasteiger partial charge in [-0.2, -0.15) is 0 Å². The Morgan fingerprint density at radius 1 is 1.50 bits per heavy atom. The molecule has 0 aromatic rings. The van der Waals surface area contributed by atoms with Gasteiger partial charge < -0.3 is 5.11 Å². The number of rotatable bonds is 3. The Balaban J connectivity index is 2.25. The lowest BCUT2D eigenvalue weighted by atomic mass is 9.99. The van der Waals surface area contributed by atoms with E-state index in [0.717, 1.165) is 19.4 Å². The summed E-state index contributed by atoms with van der Waals surface area (Å²) in [4.78, 5) is 1.73. The minimum Gasteiger partial charge on any atom is -0.396 e. The molecule has 1 rings (SSSR count). The van der Waals surface area contributed by atoms with Gasteiger partial charge in [0.2, 0.25) is 0 Å². The monoisotopic (exact) mass is 179 g/mol. The Bertz CT molecular complexity index is 132. The number of piperidine rings is 1. The third kappa shape index (κ3) is 3.03. The minimum atomic E-state index is -2.25. The van der Waals surface area contributed by atoms with Crippen molar-refractivity contribution in [2.75, 3.05) is 26.2 Å². The lowest BCUT2D eigenvalue weighted by Crippen LogP contribution is -2.39. The average molecular weight is 179 g/mol. The van der Waals surface area contributed by atoms with Crippen molar-refractivity contribution in [3.05, 3.63) is 0 Å². The molecule has 0 bridgehead atoms. The Labute approximate surface area is 71.2 Å². The molecule has 1 atom stereocenters. The molecule has 1 fully saturated rings. The van der Waals surface area contributed by atoms with Gasteiger partial charge in [-0.1, -0.05) is 0 Å². The van der Waals surface area contributed by atoms with Crippen molar-refractivity contribution in [2.45, 2.75) is 19.3 Å². The van der Waals surface area contributed by atoms with E-state index in [1.807, 2.05) is 0 Å². The van der Waals surface area contributed by atoms with Gasteiger partial charge >= 0.3 is 0 Å². The van der Waals surface area contributed by atoms with E-state index in [9.17, 15) is 8.78 Å². The summed E-state index contributed by atoms with van der Waals surface area (Å²) in [5.74, 6) is 0.206. The lowest BCUT2D eigenvalue weighted by Gasteiger charge is -2.31. The molecule has 0 aromatic carbocycles. The molecule has 0 spiro atoms. The van der Waals surface area contributed by atoms with Gasteiger partial charge in [0.25, 0.3) is 6.43 Å². The highest BCUT2D eigenvalue weighted by atomic mass is 19.3. The third-order valence-corrected chi connectivity index (χ3v) is 2.26. The number of hydrogen-bond donors (Lipinski definition) is 1. The van der Waals surface area contributed by atoms with Crippen molar-refractivity contribution in [3.8, 4) is 0 Å². The van der Waals surface area contributed by atoms with Gasteiger partial charge in [-0.05, 0) is 25.3 Å². The van der Waals surface area contributed by atoms with Gasteiger partial charge in [-0.15, -0.1) is 0 Å². The molecule has 72 valence electrons. The van der Waals surface area contributed by atoms with Gasteiger partial charge in [-0.25, -0.2) is 8.78 Å². The highest BCUT2D eigenvalue weighted by Crippen LogP contribution is 2.16. The van der Waals surface area contributed by atoms with E-state index in [1.54, 1.807) is 4.90 Å². The number of halogens is 2. The summed E-state index contributed by atoms with van der Waals surface area (Å²) in [6.07, 6.45) is -0.351. The van der Waals surface area contributed by atoms with Crippen LogP contribution < -0.4 is 0 Å². The topological polar surface area (TPSA) is 23.5 Å². The second-order valence-electron chi connectivity index (χ2n) is 3.34. The first-order valence-corrected chi connectivity index (χ1v) is 4.33. The van der Waals surface area contributed by atoms with Crippen LogP contribution in [0.5, 0.6) is 0 Å². The third-order valence-electron chi connectivity index (χ3n) is 2.26. The maximum absolute atomic E-state index is 11.9. The normalized spacial score (nSPS) is 26.5. The summed E-state index contributed by atoms with van der Waals surface area (Å²) >= 11 is 0. The summed E-state index contributed by atoms with van der Waals surface area (Å²) in [5, 5.41) is 8.83. The fraction of sp³-hybridized carbons (Fsp3) is 1.00. The van der Waals surface area contributed by atoms with Crippen LogP contribution in [0.15, 0.2) is 0 Å². The molecule has 1 unspecified atom stereocenters. The van der Waals surface area contributed by atoms with Gasteiger partial charge in [0.1, 0.15) is 0 Å². The van der Waals surface area contributed by atoms with Gasteiger partial charge in [0.05, 0.1) is 6.54 Å². The summed E-state index contributed by atoms with van der Waals surface area (Å²) in [6.45, 7) is 1.36. The molecule has 1 aliphatic rings. The molecule has 12 heavy (non-hydrogen) atoms. The minimum absolute atomic E-state index is 0.125. The molecule has 1 aliphatic heterocycles. The van der Waals surface area contributed by atoms with Crippen LogP contribution in [-0.2, 0) is 0 Å². The lowest BCUT2D eigenvalue weighted by molar-refractivity contribution is 0.0524. The Hall–Kier alpha value is -0.220. The molecule has 2 nitrogen and oxygen atoms in total. The molecule has 0 saturated carbocycles. The van der Waals surface area contributed by atoms with Crippen LogP contribution in [0.2, 0.25) is 0 Å². The first-order valence-electron chi connectivity index (χ1n) is 4.33. The summed E-state index contributed by atoms with van der Waals surface area (Å²) in [7, 11) is 0. The van der Waals surface area contributed by atoms with Crippen LogP contribution in [-0.4, -0.2) is 42.7 Å². The van der Waals surface area contributed by atoms with Gasteiger partial charge in [0.15, 0.2) is 0 Å². The number of aliphatic hydroxyl groups is 1. The van der Waals surface area contributed by atoms with Crippen LogP contribution in [0.25, 0.3) is 0 Å². The molecule has 0 amide bonds.